The maximum atomic E-state index is 6.02. The van der Waals surface area contributed by atoms with Crippen molar-refractivity contribution in [1.82, 2.24) is 5.32 Å². The summed E-state index contributed by atoms with van der Waals surface area (Å²) in [7, 11) is 2.08. The lowest BCUT2D eigenvalue weighted by molar-refractivity contribution is 0.110. The van der Waals surface area contributed by atoms with Gasteiger partial charge in [0.05, 0.1) is 12.0 Å². The van der Waals surface area contributed by atoms with E-state index in [9.17, 15) is 0 Å². The molecule has 2 fully saturated rings. The van der Waals surface area contributed by atoms with E-state index in [1.165, 1.54) is 56.9 Å². The van der Waals surface area contributed by atoms with Crippen molar-refractivity contribution < 1.29 is 4.74 Å². The van der Waals surface area contributed by atoms with E-state index in [0.29, 0.717) is 0 Å². The smallest absolute Gasteiger partial charge is 0.0610 e. The number of fused-ring (bicyclic) bond motifs is 1. The lowest BCUT2D eigenvalue weighted by Crippen LogP contribution is -2.38. The average Bonchev–Trinajstić information content (AvgIpc) is 3.41. The molecule has 0 radical (unpaired) electrons. The first-order valence-corrected chi connectivity index (χ1v) is 10.9. The second-order valence-electron chi connectivity index (χ2n) is 8.66. The highest BCUT2D eigenvalue weighted by Crippen LogP contribution is 2.51. The summed E-state index contributed by atoms with van der Waals surface area (Å²) in [5.41, 5.74) is 6.47. The van der Waals surface area contributed by atoms with E-state index in [1.54, 1.807) is 16.7 Å². The van der Waals surface area contributed by atoms with Crippen LogP contribution in [0.3, 0.4) is 0 Å². The van der Waals surface area contributed by atoms with Gasteiger partial charge in [0.2, 0.25) is 0 Å². The molecule has 3 aliphatic rings. The van der Waals surface area contributed by atoms with Crippen molar-refractivity contribution in [2.24, 2.45) is 5.92 Å². The van der Waals surface area contributed by atoms with Crippen LogP contribution in [0, 0.1) is 5.92 Å². The molecule has 0 bridgehead atoms. The van der Waals surface area contributed by atoms with E-state index >= 15 is 0 Å². The van der Waals surface area contributed by atoms with Crippen LogP contribution in [0.4, 0.5) is 0 Å². The van der Waals surface area contributed by atoms with Crippen molar-refractivity contribution >= 4 is 5.57 Å². The van der Waals surface area contributed by atoms with Gasteiger partial charge in [-0.3, -0.25) is 0 Å². The summed E-state index contributed by atoms with van der Waals surface area (Å²) in [5.74, 6) is 1.53. The van der Waals surface area contributed by atoms with Gasteiger partial charge in [-0.1, -0.05) is 50.0 Å². The van der Waals surface area contributed by atoms with Crippen LogP contribution < -0.4 is 5.32 Å². The number of ether oxygens (including phenoxy) is 1. The van der Waals surface area contributed by atoms with Gasteiger partial charge >= 0.3 is 0 Å². The van der Waals surface area contributed by atoms with Crippen molar-refractivity contribution in [3.63, 3.8) is 0 Å². The number of allylic oxidation sites excluding steroid dienone is 1. The van der Waals surface area contributed by atoms with Crippen LogP contribution in [0.1, 0.15) is 80.9 Å². The van der Waals surface area contributed by atoms with Crippen molar-refractivity contribution in [2.75, 3.05) is 26.8 Å². The van der Waals surface area contributed by atoms with Gasteiger partial charge in [-0.25, -0.2) is 0 Å². The molecule has 1 atom stereocenters. The first-order chi connectivity index (χ1) is 12.8. The Balaban J connectivity index is 1.82. The lowest BCUT2D eigenvalue weighted by Gasteiger charge is -2.29. The van der Waals surface area contributed by atoms with Crippen LogP contribution in [-0.4, -0.2) is 26.8 Å². The zero-order valence-electron chi connectivity index (χ0n) is 16.7. The minimum absolute atomic E-state index is 0.00658. The Hall–Kier alpha value is -1.12. The van der Waals surface area contributed by atoms with Gasteiger partial charge in [-0.2, -0.15) is 0 Å². The van der Waals surface area contributed by atoms with E-state index in [0.717, 1.165) is 31.6 Å². The third-order valence-electron chi connectivity index (χ3n) is 7.00. The second-order valence-corrected chi connectivity index (χ2v) is 8.66. The molecule has 1 unspecified atom stereocenters. The monoisotopic (exact) mass is 353 g/mol. The van der Waals surface area contributed by atoms with E-state index in [4.69, 9.17) is 4.74 Å². The second kappa shape index (κ2) is 7.86. The standard InChI is InChI=1S/C24H35NO/c1-3-26-17-24(16-25-2)15-21(19-11-6-7-12-19)23-20(13-8-14-22(23)24)18-9-4-5-10-18/h8,13-15,18-19,25H,3-7,9-12,16-17H2,1-2H3. The summed E-state index contributed by atoms with van der Waals surface area (Å²) in [6.45, 7) is 4.65. The molecule has 1 aromatic carbocycles. The van der Waals surface area contributed by atoms with Gasteiger partial charge in [0.1, 0.15) is 0 Å². The number of benzene rings is 1. The van der Waals surface area contributed by atoms with Gasteiger partial charge < -0.3 is 10.1 Å². The fraction of sp³-hybridized carbons (Fsp3) is 0.667. The van der Waals surface area contributed by atoms with Crippen LogP contribution in [-0.2, 0) is 10.2 Å². The molecule has 0 aliphatic heterocycles. The van der Waals surface area contributed by atoms with E-state index in [1.807, 2.05) is 0 Å². The van der Waals surface area contributed by atoms with Gasteiger partial charge in [-0.05, 0) is 73.8 Å². The minimum atomic E-state index is 0.00658. The normalized spacial score (nSPS) is 26.5. The third kappa shape index (κ3) is 3.16. The molecule has 142 valence electrons. The van der Waals surface area contributed by atoms with E-state index in [-0.39, 0.29) is 5.41 Å². The Morgan fingerprint density at radius 2 is 1.73 bits per heavy atom. The highest BCUT2D eigenvalue weighted by Gasteiger charge is 2.42. The fourth-order valence-corrected chi connectivity index (χ4v) is 5.81. The van der Waals surface area contributed by atoms with E-state index < -0.39 is 0 Å². The van der Waals surface area contributed by atoms with Crippen molar-refractivity contribution in [2.45, 2.75) is 69.6 Å². The maximum Gasteiger partial charge on any atom is 0.0610 e. The quantitative estimate of drug-likeness (QED) is 0.706. The molecule has 2 heteroatoms. The zero-order chi connectivity index (χ0) is 18.0. The first kappa shape index (κ1) is 18.3. The Morgan fingerprint density at radius 1 is 1.04 bits per heavy atom. The molecule has 0 spiro atoms. The number of nitrogens with one attached hydrogen (secondary N) is 1. The zero-order valence-corrected chi connectivity index (χ0v) is 16.7. The molecule has 1 N–H and O–H groups in total. The number of hydrogen-bond acceptors (Lipinski definition) is 2. The summed E-state index contributed by atoms with van der Waals surface area (Å²) in [6.07, 6.45) is 13.7. The maximum absolute atomic E-state index is 6.02. The molecular formula is C24H35NO. The molecule has 26 heavy (non-hydrogen) atoms. The predicted octanol–water partition coefficient (Wildman–Crippen LogP) is 5.43. The third-order valence-corrected chi connectivity index (χ3v) is 7.00. The fourth-order valence-electron chi connectivity index (χ4n) is 5.81. The molecule has 4 rings (SSSR count). The Bertz CT molecular complexity index is 652. The Kier molecular flexibility index (Phi) is 5.52. The highest BCUT2D eigenvalue weighted by molar-refractivity contribution is 5.81. The SMILES string of the molecule is CCOCC1(CNC)C=C(C2CCCC2)c2c(C3CCCC3)cccc21. The molecule has 0 aromatic heterocycles. The van der Waals surface area contributed by atoms with Crippen molar-refractivity contribution in [3.05, 3.63) is 41.0 Å². The van der Waals surface area contributed by atoms with Crippen LogP contribution in [0.25, 0.3) is 5.57 Å². The van der Waals surface area contributed by atoms with Gasteiger partial charge in [-0.15, -0.1) is 0 Å². The molecule has 2 nitrogen and oxygen atoms in total. The molecule has 0 saturated heterocycles. The number of hydrogen-bond donors (Lipinski definition) is 1. The molecule has 1 aromatic rings. The van der Waals surface area contributed by atoms with Crippen LogP contribution in [0.2, 0.25) is 0 Å². The first-order valence-electron chi connectivity index (χ1n) is 10.9. The molecule has 0 amide bonds. The molecule has 0 heterocycles. The van der Waals surface area contributed by atoms with Crippen LogP contribution >= 0.6 is 0 Å². The summed E-state index contributed by atoms with van der Waals surface area (Å²) in [5, 5.41) is 3.48. The van der Waals surface area contributed by atoms with Crippen LogP contribution in [0.15, 0.2) is 24.3 Å². The topological polar surface area (TPSA) is 21.3 Å². The molecular weight excluding hydrogens is 318 g/mol. The Labute approximate surface area is 159 Å². The predicted molar refractivity (Wildman–Crippen MR) is 110 cm³/mol. The van der Waals surface area contributed by atoms with Crippen molar-refractivity contribution in [3.8, 4) is 0 Å². The largest absolute Gasteiger partial charge is 0.380 e. The molecule has 2 saturated carbocycles. The Morgan fingerprint density at radius 3 is 2.38 bits per heavy atom. The number of rotatable bonds is 7. The summed E-state index contributed by atoms with van der Waals surface area (Å²) in [4.78, 5) is 0. The number of likely N-dealkylation sites (N-methyl/N-ethyl adjacent to an activating group) is 1. The minimum Gasteiger partial charge on any atom is -0.380 e. The van der Waals surface area contributed by atoms with Gasteiger partial charge in [0, 0.05) is 13.2 Å². The van der Waals surface area contributed by atoms with Crippen LogP contribution in [0.5, 0.6) is 0 Å². The summed E-state index contributed by atoms with van der Waals surface area (Å²) in [6, 6.07) is 7.14. The lowest BCUT2D eigenvalue weighted by atomic mass is 9.80. The molecule has 3 aliphatic carbocycles. The van der Waals surface area contributed by atoms with Gasteiger partial charge in [0.25, 0.3) is 0 Å². The summed E-state index contributed by atoms with van der Waals surface area (Å²) < 4.78 is 6.02. The van der Waals surface area contributed by atoms with Gasteiger partial charge in [0.15, 0.2) is 0 Å². The van der Waals surface area contributed by atoms with E-state index in [2.05, 4.69) is 43.6 Å². The summed E-state index contributed by atoms with van der Waals surface area (Å²) >= 11 is 0. The highest BCUT2D eigenvalue weighted by atomic mass is 16.5. The average molecular weight is 354 g/mol. The van der Waals surface area contributed by atoms with Crippen molar-refractivity contribution in [1.29, 1.82) is 0 Å².